The molecule has 4 aromatic rings. The van der Waals surface area contributed by atoms with E-state index in [9.17, 15) is 28.8 Å². The number of carbonyl (C=O) groups is 6. The van der Waals surface area contributed by atoms with Crippen LogP contribution >= 0.6 is 12.4 Å². The Hall–Kier alpha value is -7.17. The van der Waals surface area contributed by atoms with Crippen LogP contribution in [0.4, 0.5) is 21.0 Å². The van der Waals surface area contributed by atoms with Crippen molar-refractivity contribution in [3.63, 3.8) is 0 Å². The van der Waals surface area contributed by atoms with E-state index < -0.39 is 41.4 Å². The number of methoxy groups -OCH3 is 2. The van der Waals surface area contributed by atoms with E-state index in [1.807, 2.05) is 42.5 Å². The van der Waals surface area contributed by atoms with Gasteiger partial charge in [-0.1, -0.05) is 98.5 Å². The van der Waals surface area contributed by atoms with Gasteiger partial charge in [-0.25, -0.2) is 14.4 Å². The molecule has 0 aliphatic heterocycles. The summed E-state index contributed by atoms with van der Waals surface area (Å²) in [5.41, 5.74) is 8.56. The summed E-state index contributed by atoms with van der Waals surface area (Å²) in [5.74, 6) is -0.0391. The number of aliphatic carboxylic acids is 1. The molecule has 0 saturated heterocycles. The van der Waals surface area contributed by atoms with Crippen molar-refractivity contribution in [2.24, 2.45) is 23.5 Å². The molecule has 2 fully saturated rings. The maximum atomic E-state index is 13.6. The lowest BCUT2D eigenvalue weighted by Crippen LogP contribution is -2.47. The van der Waals surface area contributed by atoms with Crippen molar-refractivity contribution in [2.75, 3.05) is 24.9 Å². The lowest BCUT2D eigenvalue weighted by Gasteiger charge is -2.27. The number of nitrogens with one attached hydrogen (secondary N) is 4. The fraction of sp³-hybridized carbons (Fsp3) is 0.460. The number of hydrogen-bond acceptors (Lipinski definition) is 11. The van der Waals surface area contributed by atoms with Crippen molar-refractivity contribution in [2.45, 2.75) is 154 Å². The molecule has 7 N–H and O–H groups in total. The minimum atomic E-state index is -0.984. The first-order chi connectivity index (χ1) is 37.6. The molecule has 0 spiro atoms. The van der Waals surface area contributed by atoms with Crippen LogP contribution in [-0.4, -0.2) is 84.4 Å². The van der Waals surface area contributed by atoms with Crippen LogP contribution in [0.3, 0.4) is 0 Å². The zero-order valence-electron chi connectivity index (χ0n) is 47.9. The molecule has 2 saturated carbocycles. The molecule has 0 heterocycles. The molecule has 4 amide bonds. The van der Waals surface area contributed by atoms with Gasteiger partial charge in [0.05, 0.1) is 20.3 Å². The quantitative estimate of drug-likeness (QED) is 0.0403. The molecule has 6 rings (SSSR count). The molecule has 0 radical (unpaired) electrons. The number of amides is 4. The monoisotopic (exact) mass is 1120 g/mol. The second kappa shape index (κ2) is 34.8. The number of anilines is 2. The van der Waals surface area contributed by atoms with E-state index in [1.54, 1.807) is 110 Å². The Balaban J connectivity index is 0.000000347. The largest absolute Gasteiger partial charge is 0.497 e. The van der Waals surface area contributed by atoms with E-state index in [0.717, 1.165) is 82.1 Å². The van der Waals surface area contributed by atoms with E-state index in [2.05, 4.69) is 45.5 Å². The zero-order chi connectivity index (χ0) is 57.8. The number of rotatable bonds is 22. The topological polar surface area (TPSA) is 234 Å². The number of allylic oxidation sites excluding steroid dienone is 1. The molecule has 80 heavy (non-hydrogen) atoms. The first kappa shape index (κ1) is 67.1. The third kappa shape index (κ3) is 27.1. The Kier molecular flexibility index (Phi) is 29.2. The minimum Gasteiger partial charge on any atom is -0.497 e. The third-order valence-corrected chi connectivity index (χ3v) is 13.1. The number of carboxylic acid groups (broad SMARTS) is 1. The second-order valence-electron chi connectivity index (χ2n) is 22.0. The van der Waals surface area contributed by atoms with Crippen LogP contribution in [-0.2, 0) is 41.5 Å². The molecule has 4 aromatic carbocycles. The van der Waals surface area contributed by atoms with Crippen molar-refractivity contribution in [1.29, 1.82) is 0 Å². The van der Waals surface area contributed by atoms with Crippen molar-refractivity contribution in [3.8, 4) is 11.5 Å². The number of carboxylic acids is 1. The van der Waals surface area contributed by atoms with E-state index in [1.165, 1.54) is 23.3 Å². The number of carbonyl (C=O) groups excluding carboxylic acids is 5. The van der Waals surface area contributed by atoms with Crippen LogP contribution in [0.2, 0.25) is 0 Å². The van der Waals surface area contributed by atoms with Gasteiger partial charge in [-0.2, -0.15) is 0 Å². The minimum absolute atomic E-state index is 0. The van der Waals surface area contributed by atoms with E-state index in [0.29, 0.717) is 17.9 Å². The van der Waals surface area contributed by atoms with Crippen LogP contribution < -0.4 is 36.5 Å². The van der Waals surface area contributed by atoms with Gasteiger partial charge in [0.2, 0.25) is 11.8 Å². The Labute approximate surface area is 479 Å². The first-order valence-electron chi connectivity index (χ1n) is 27.4. The Bertz CT molecular complexity index is 2550. The third-order valence-electron chi connectivity index (χ3n) is 13.1. The molecule has 2 aliphatic rings. The van der Waals surface area contributed by atoms with Gasteiger partial charge in [-0.3, -0.25) is 14.4 Å². The number of alkyl carbamates (subject to hydrolysis) is 2. The van der Waals surface area contributed by atoms with Crippen LogP contribution in [0.1, 0.15) is 123 Å². The fourth-order valence-electron chi connectivity index (χ4n) is 9.17. The normalized spacial score (nSPS) is 15.0. The molecule has 0 aromatic heterocycles. The number of ether oxygens (including phenoxy) is 4. The number of aryl methyl sites for hydroxylation is 2. The van der Waals surface area contributed by atoms with Crippen molar-refractivity contribution in [3.05, 3.63) is 145 Å². The summed E-state index contributed by atoms with van der Waals surface area (Å²) in [4.78, 5) is 73.4. The summed E-state index contributed by atoms with van der Waals surface area (Å²) in [6.07, 6.45) is 16.4. The standard InChI is InChI=1S/C32H42N2O5.C19H22N2O2.C12H21NO4.ClH/c1-32(2,3)39-31(37)34-30(25-12-8-9-13-25)28(35)22-24(15-14-23-10-6-5-7-11-23)16-21-29(36)33-26-17-19-27(38-4)20-18-26;1-23-18-12-10-17(11-13-18)21-19(22)14-9-16(20)8-7-15-5-3-2-4-6-15;1-12(2,3)17-11(16)13-9(10(14)15)8-6-4-5-7-8;/h5-7,10-11,16-21,24-25,30H,8-9,12-15,22H2,1-4H3,(H,33,36)(H,34,37);2-6,9-14,16H,7-8,20H2,1H3,(H,21,22);8-9H,4-7H2,1-3H3,(H,13,16)(H,14,15);1H/b21-16+;14-9+;;/t24-,30-;16-;9-;/m000./s1. The number of halogens is 1. The molecule has 4 atom stereocenters. The van der Waals surface area contributed by atoms with Crippen LogP contribution in [0.15, 0.2) is 133 Å². The Morgan fingerprint density at radius 1 is 0.575 bits per heavy atom. The van der Waals surface area contributed by atoms with E-state index in [4.69, 9.17) is 29.8 Å². The molecule has 17 heteroatoms. The first-order valence-corrected chi connectivity index (χ1v) is 27.4. The van der Waals surface area contributed by atoms with E-state index >= 15 is 0 Å². The van der Waals surface area contributed by atoms with Gasteiger partial charge in [-0.15, -0.1) is 12.4 Å². The lowest BCUT2D eigenvalue weighted by atomic mass is 9.87. The predicted molar refractivity (Wildman–Crippen MR) is 317 cm³/mol. The zero-order valence-corrected chi connectivity index (χ0v) is 48.7. The maximum absolute atomic E-state index is 13.6. The highest BCUT2D eigenvalue weighted by Crippen LogP contribution is 2.31. The Morgan fingerprint density at radius 3 is 1.36 bits per heavy atom. The number of Topliss-reactive ketones (excluding diaryl/α,β-unsaturated/α-hetero) is 1. The highest BCUT2D eigenvalue weighted by Gasteiger charge is 2.35. The van der Waals surface area contributed by atoms with Gasteiger partial charge in [0.15, 0.2) is 5.78 Å². The molecule has 0 unspecified atom stereocenters. The average Bonchev–Trinajstić information content (AvgIpc) is 4.16. The van der Waals surface area contributed by atoms with Gasteiger partial charge >= 0.3 is 18.2 Å². The fourth-order valence-corrected chi connectivity index (χ4v) is 9.17. The summed E-state index contributed by atoms with van der Waals surface area (Å²) in [6, 6.07) is 33.0. The van der Waals surface area contributed by atoms with Crippen molar-refractivity contribution in [1.82, 2.24) is 10.6 Å². The van der Waals surface area contributed by atoms with Crippen LogP contribution in [0, 0.1) is 17.8 Å². The molecular formula is C63H86ClN5O11. The van der Waals surface area contributed by atoms with Gasteiger partial charge in [0.1, 0.15) is 28.7 Å². The Morgan fingerprint density at radius 2 is 0.963 bits per heavy atom. The lowest BCUT2D eigenvalue weighted by molar-refractivity contribution is -0.141. The summed E-state index contributed by atoms with van der Waals surface area (Å²) >= 11 is 0. The molecular weight excluding hydrogens is 1040 g/mol. The SMILES string of the molecule is CC(C)(C)OC(=O)N[C@H](C(=O)O)C1CCCC1.COc1ccc(NC(=O)/C=C/[C@@H](N)CCc2ccccc2)cc1.COc1ccc(NC(=O)/C=C/[C@H](CCc2ccccc2)CC(=O)[C@@H](NC(=O)OC(C)(C)C)C2CCCC2)cc1.Cl. The predicted octanol–water partition coefficient (Wildman–Crippen LogP) is 12.2. The van der Waals surface area contributed by atoms with Crippen LogP contribution in [0.5, 0.6) is 11.5 Å². The highest BCUT2D eigenvalue weighted by atomic mass is 35.5. The maximum Gasteiger partial charge on any atom is 0.408 e. The number of ketones is 1. The summed E-state index contributed by atoms with van der Waals surface area (Å²) in [5, 5.41) is 20.1. The molecule has 0 bridgehead atoms. The van der Waals surface area contributed by atoms with Crippen molar-refractivity contribution >= 4 is 59.5 Å². The number of nitrogens with two attached hydrogens (primary N) is 1. The molecule has 2 aliphatic carbocycles. The van der Waals surface area contributed by atoms with Gasteiger partial charge in [0, 0.05) is 29.9 Å². The second-order valence-corrected chi connectivity index (χ2v) is 22.0. The molecule has 16 nitrogen and oxygen atoms in total. The molecule has 436 valence electrons. The summed E-state index contributed by atoms with van der Waals surface area (Å²) < 4.78 is 20.8. The van der Waals surface area contributed by atoms with Crippen LogP contribution in [0.25, 0.3) is 0 Å². The average molecular weight is 1120 g/mol. The van der Waals surface area contributed by atoms with Crippen molar-refractivity contribution < 1.29 is 52.8 Å². The summed E-state index contributed by atoms with van der Waals surface area (Å²) in [6.45, 7) is 10.7. The highest BCUT2D eigenvalue weighted by molar-refractivity contribution is 6.00. The van der Waals surface area contributed by atoms with E-state index in [-0.39, 0.29) is 60.2 Å². The smallest absolute Gasteiger partial charge is 0.408 e. The van der Waals surface area contributed by atoms with Gasteiger partial charge in [0.25, 0.3) is 0 Å². The number of benzene rings is 4. The number of hydrogen-bond donors (Lipinski definition) is 6. The van der Waals surface area contributed by atoms with Gasteiger partial charge < -0.3 is 51.1 Å². The summed E-state index contributed by atoms with van der Waals surface area (Å²) in [7, 11) is 3.20. The van der Waals surface area contributed by atoms with Gasteiger partial charge in [-0.05, 0) is 176 Å².